The highest BCUT2D eigenvalue weighted by molar-refractivity contribution is 5.68. The molecule has 1 aliphatic carbocycles. The molecule has 8 unspecified atom stereocenters. The lowest BCUT2D eigenvalue weighted by atomic mass is 9.73. The maximum Gasteiger partial charge on any atom is 0.407 e. The minimum absolute atomic E-state index is 0.0395. The van der Waals surface area contributed by atoms with Crippen molar-refractivity contribution in [1.82, 2.24) is 5.32 Å². The Kier molecular flexibility index (Phi) is 10.2. The number of rotatable bonds is 8. The normalized spacial score (nSPS) is 30.4. The van der Waals surface area contributed by atoms with Gasteiger partial charge in [-0.15, -0.1) is 0 Å². The maximum absolute atomic E-state index is 12.3. The van der Waals surface area contributed by atoms with Crippen molar-refractivity contribution in [3.8, 4) is 0 Å². The van der Waals surface area contributed by atoms with Crippen LogP contribution in [-0.4, -0.2) is 85.5 Å². The van der Waals surface area contributed by atoms with Crippen molar-refractivity contribution >= 4 is 6.09 Å². The average molecular weight is 450 g/mol. The zero-order valence-corrected chi connectivity index (χ0v) is 19.7. The lowest BCUT2D eigenvalue weighted by Gasteiger charge is -2.40. The molecule has 0 aromatic rings. The van der Waals surface area contributed by atoms with Crippen LogP contribution in [0, 0.1) is 17.3 Å². The zero-order valence-electron chi connectivity index (χ0n) is 19.7. The highest BCUT2D eigenvalue weighted by atomic mass is 16.6. The summed E-state index contributed by atoms with van der Waals surface area (Å²) in [4.78, 5) is 12.3. The fourth-order valence-electron chi connectivity index (χ4n) is 3.86. The predicted octanol–water partition coefficient (Wildman–Crippen LogP) is 0.529. The number of alkyl carbamates (subject to hydrolysis) is 1. The topological polar surface area (TPSA) is 160 Å². The molecular formula is C22H43NO8. The molecule has 31 heavy (non-hydrogen) atoms. The van der Waals surface area contributed by atoms with Crippen LogP contribution in [0.5, 0.6) is 0 Å². The van der Waals surface area contributed by atoms with E-state index in [-0.39, 0.29) is 19.4 Å². The molecule has 0 aliphatic heterocycles. The molecule has 9 heteroatoms. The van der Waals surface area contributed by atoms with Crippen LogP contribution in [-0.2, 0) is 4.74 Å². The van der Waals surface area contributed by atoms with Gasteiger partial charge in [-0.05, 0) is 51.4 Å². The number of aliphatic hydroxyl groups is 6. The first-order valence-corrected chi connectivity index (χ1v) is 11.1. The number of carbonyl (C=O) groups is 1. The second kappa shape index (κ2) is 11.2. The Labute approximate surface area is 185 Å². The Balaban J connectivity index is 2.88. The fraction of sp³-hybridized carbons (Fsp3) is 0.955. The standard InChI is InChI=1S/C22H43NO8/c1-21(2,3)16(26)10-15(25)14(23-20(30)31-22(4,5)6)8-7-12-9-13(11-24)18(28)19(29)17(12)27/h12-19,24-29H,7-11H2,1-6H3,(H,23,30). The van der Waals surface area contributed by atoms with Gasteiger partial charge >= 0.3 is 6.09 Å². The van der Waals surface area contributed by atoms with Gasteiger partial charge in [0.25, 0.3) is 0 Å². The molecule has 0 aromatic heterocycles. The summed E-state index contributed by atoms with van der Waals surface area (Å²) in [6.45, 7) is 10.4. The lowest BCUT2D eigenvalue weighted by molar-refractivity contribution is -0.143. The summed E-state index contributed by atoms with van der Waals surface area (Å²) in [6, 6.07) is -0.754. The van der Waals surface area contributed by atoms with E-state index in [1.807, 2.05) is 20.8 Å². The number of amides is 1. The molecule has 9 nitrogen and oxygen atoms in total. The van der Waals surface area contributed by atoms with E-state index >= 15 is 0 Å². The molecule has 184 valence electrons. The van der Waals surface area contributed by atoms with Gasteiger partial charge in [-0.2, -0.15) is 0 Å². The Morgan fingerprint density at radius 3 is 2.03 bits per heavy atom. The van der Waals surface area contributed by atoms with Crippen molar-refractivity contribution in [3.05, 3.63) is 0 Å². The van der Waals surface area contributed by atoms with Crippen molar-refractivity contribution in [1.29, 1.82) is 0 Å². The third kappa shape index (κ3) is 8.82. The number of hydrogen-bond acceptors (Lipinski definition) is 8. The SMILES string of the molecule is CC(C)(C)OC(=O)NC(CCC1CC(CO)C(O)C(O)C1O)C(O)CC(O)C(C)(C)C. The minimum Gasteiger partial charge on any atom is -0.444 e. The highest BCUT2D eigenvalue weighted by Gasteiger charge is 2.42. The van der Waals surface area contributed by atoms with Crippen LogP contribution in [0.3, 0.4) is 0 Å². The molecule has 1 saturated carbocycles. The number of aliphatic hydroxyl groups excluding tert-OH is 6. The van der Waals surface area contributed by atoms with Crippen molar-refractivity contribution in [2.24, 2.45) is 17.3 Å². The molecule has 0 heterocycles. The van der Waals surface area contributed by atoms with Crippen LogP contribution in [0.15, 0.2) is 0 Å². The van der Waals surface area contributed by atoms with Gasteiger partial charge in [0.2, 0.25) is 0 Å². The summed E-state index contributed by atoms with van der Waals surface area (Å²) in [7, 11) is 0. The number of hydrogen-bond donors (Lipinski definition) is 7. The van der Waals surface area contributed by atoms with Gasteiger partial charge in [-0.3, -0.25) is 0 Å². The molecule has 1 rings (SSSR count). The number of carbonyl (C=O) groups excluding carboxylic acids is 1. The molecule has 1 fully saturated rings. The van der Waals surface area contributed by atoms with Crippen LogP contribution in [0.2, 0.25) is 0 Å². The van der Waals surface area contributed by atoms with Gasteiger partial charge in [-0.25, -0.2) is 4.79 Å². The molecule has 0 aromatic carbocycles. The van der Waals surface area contributed by atoms with Crippen LogP contribution in [0.4, 0.5) is 4.79 Å². The van der Waals surface area contributed by atoms with Gasteiger partial charge in [0.15, 0.2) is 0 Å². The summed E-state index contributed by atoms with van der Waals surface area (Å²) in [5.41, 5.74) is -1.18. The first-order chi connectivity index (χ1) is 14.1. The van der Waals surface area contributed by atoms with E-state index in [0.29, 0.717) is 12.8 Å². The molecule has 1 aliphatic rings. The summed E-state index contributed by atoms with van der Waals surface area (Å²) >= 11 is 0. The smallest absolute Gasteiger partial charge is 0.407 e. The van der Waals surface area contributed by atoms with Crippen LogP contribution < -0.4 is 5.32 Å². The van der Waals surface area contributed by atoms with Crippen molar-refractivity contribution in [3.63, 3.8) is 0 Å². The summed E-state index contributed by atoms with van der Waals surface area (Å²) in [6.07, 6.45) is -5.42. The average Bonchev–Trinajstić information content (AvgIpc) is 2.62. The number of nitrogens with one attached hydrogen (secondary N) is 1. The third-order valence-electron chi connectivity index (χ3n) is 5.99. The molecule has 0 bridgehead atoms. The Morgan fingerprint density at radius 1 is 1.00 bits per heavy atom. The number of ether oxygens (including phenoxy) is 1. The largest absolute Gasteiger partial charge is 0.444 e. The van der Waals surface area contributed by atoms with Gasteiger partial charge < -0.3 is 40.7 Å². The van der Waals surface area contributed by atoms with E-state index in [1.165, 1.54) is 0 Å². The Bertz CT molecular complexity index is 557. The molecular weight excluding hydrogens is 406 g/mol. The van der Waals surface area contributed by atoms with E-state index in [0.717, 1.165) is 0 Å². The molecule has 0 saturated heterocycles. The second-order valence-electron chi connectivity index (χ2n) is 10.9. The molecule has 8 atom stereocenters. The Hall–Kier alpha value is -0.970. The van der Waals surface area contributed by atoms with Gasteiger partial charge in [-0.1, -0.05) is 20.8 Å². The van der Waals surface area contributed by atoms with Crippen LogP contribution in [0.25, 0.3) is 0 Å². The van der Waals surface area contributed by atoms with E-state index in [4.69, 9.17) is 4.74 Å². The summed E-state index contributed by atoms with van der Waals surface area (Å²) < 4.78 is 5.29. The van der Waals surface area contributed by atoms with Crippen molar-refractivity contribution in [2.45, 2.75) is 109 Å². The van der Waals surface area contributed by atoms with Gasteiger partial charge in [0, 0.05) is 18.9 Å². The van der Waals surface area contributed by atoms with Crippen LogP contribution in [0.1, 0.15) is 67.2 Å². The minimum atomic E-state index is -1.37. The van der Waals surface area contributed by atoms with Gasteiger partial charge in [0.1, 0.15) is 11.7 Å². The maximum atomic E-state index is 12.3. The van der Waals surface area contributed by atoms with Crippen LogP contribution >= 0.6 is 0 Å². The molecule has 1 amide bonds. The summed E-state index contributed by atoms with van der Waals surface area (Å²) in [5, 5.41) is 63.7. The fourth-order valence-corrected chi connectivity index (χ4v) is 3.86. The first kappa shape index (κ1) is 28.1. The Morgan fingerprint density at radius 2 is 1.55 bits per heavy atom. The van der Waals surface area contributed by atoms with Gasteiger partial charge in [0.05, 0.1) is 30.5 Å². The zero-order chi connectivity index (χ0) is 24.1. The molecule has 0 spiro atoms. The predicted molar refractivity (Wildman–Crippen MR) is 115 cm³/mol. The van der Waals surface area contributed by atoms with E-state index < -0.39 is 65.5 Å². The van der Waals surface area contributed by atoms with Crippen molar-refractivity contribution < 1.29 is 40.2 Å². The molecule has 7 N–H and O–H groups in total. The quantitative estimate of drug-likeness (QED) is 0.282. The van der Waals surface area contributed by atoms with Crippen molar-refractivity contribution in [2.75, 3.05) is 6.61 Å². The monoisotopic (exact) mass is 449 g/mol. The molecule has 0 radical (unpaired) electrons. The second-order valence-corrected chi connectivity index (χ2v) is 10.9. The van der Waals surface area contributed by atoms with E-state index in [1.54, 1.807) is 20.8 Å². The van der Waals surface area contributed by atoms with E-state index in [9.17, 15) is 35.4 Å². The third-order valence-corrected chi connectivity index (χ3v) is 5.99. The first-order valence-electron chi connectivity index (χ1n) is 11.1. The lowest BCUT2D eigenvalue weighted by Crippen LogP contribution is -2.52. The summed E-state index contributed by atoms with van der Waals surface area (Å²) in [5.74, 6) is -0.994. The highest BCUT2D eigenvalue weighted by Crippen LogP contribution is 2.34. The van der Waals surface area contributed by atoms with E-state index in [2.05, 4.69) is 5.32 Å².